The summed E-state index contributed by atoms with van der Waals surface area (Å²) in [6, 6.07) is 14.4. The smallest absolute Gasteiger partial charge is 0.191 e. The van der Waals surface area contributed by atoms with Gasteiger partial charge in [0.15, 0.2) is 5.11 Å². The summed E-state index contributed by atoms with van der Waals surface area (Å²) >= 11 is 5.27. The van der Waals surface area contributed by atoms with E-state index in [9.17, 15) is 0 Å². The molecule has 0 unspecified atom stereocenters. The van der Waals surface area contributed by atoms with Gasteiger partial charge in [-0.05, 0) is 54.7 Å². The van der Waals surface area contributed by atoms with E-state index in [1.165, 1.54) is 5.56 Å². The van der Waals surface area contributed by atoms with Crippen LogP contribution in [0, 0.1) is 13.8 Å². The highest BCUT2D eigenvalue weighted by atomic mass is 32.1. The molecule has 0 aliphatic rings. The number of benzene rings is 2. The van der Waals surface area contributed by atoms with Crippen LogP contribution in [0.25, 0.3) is 0 Å². The quantitative estimate of drug-likeness (QED) is 0.505. The molecule has 2 rings (SSSR count). The summed E-state index contributed by atoms with van der Waals surface area (Å²) in [5.41, 5.74) is 8.55. The largest absolute Gasteiger partial charge is 0.331 e. The summed E-state index contributed by atoms with van der Waals surface area (Å²) in [5.74, 6) is 0. The average Bonchev–Trinajstić information content (AvgIpc) is 2.52. The summed E-state index contributed by atoms with van der Waals surface area (Å²) in [4.78, 5) is 0. The van der Waals surface area contributed by atoms with E-state index < -0.39 is 0 Å². The van der Waals surface area contributed by atoms with Gasteiger partial charge in [0.1, 0.15) is 0 Å². The van der Waals surface area contributed by atoms with Crippen LogP contribution in [0.1, 0.15) is 29.2 Å². The first-order valence-electron chi connectivity index (χ1n) is 7.35. The van der Waals surface area contributed by atoms with Gasteiger partial charge in [0.2, 0.25) is 0 Å². The highest BCUT2D eigenvalue weighted by Crippen LogP contribution is 2.19. The predicted molar refractivity (Wildman–Crippen MR) is 98.7 cm³/mol. The van der Waals surface area contributed by atoms with Crippen molar-refractivity contribution in [2.75, 3.05) is 5.32 Å². The van der Waals surface area contributed by atoms with Gasteiger partial charge < -0.3 is 5.32 Å². The number of para-hydroxylation sites is 1. The van der Waals surface area contributed by atoms with Gasteiger partial charge in [-0.3, -0.25) is 5.43 Å². The van der Waals surface area contributed by atoms with E-state index in [2.05, 4.69) is 60.9 Å². The van der Waals surface area contributed by atoms with Crippen LogP contribution in [0.5, 0.6) is 0 Å². The van der Waals surface area contributed by atoms with Crippen molar-refractivity contribution < 1.29 is 0 Å². The van der Waals surface area contributed by atoms with Crippen molar-refractivity contribution in [2.45, 2.75) is 27.2 Å². The van der Waals surface area contributed by atoms with E-state index in [1.54, 1.807) is 6.21 Å². The van der Waals surface area contributed by atoms with Crippen LogP contribution in [-0.2, 0) is 6.42 Å². The van der Waals surface area contributed by atoms with Crippen LogP contribution < -0.4 is 10.7 Å². The lowest BCUT2D eigenvalue weighted by atomic mass is 10.1. The first kappa shape index (κ1) is 16.2. The Balaban J connectivity index is 1.93. The van der Waals surface area contributed by atoms with Crippen molar-refractivity contribution in [3.63, 3.8) is 0 Å². The van der Waals surface area contributed by atoms with Gasteiger partial charge in [-0.25, -0.2) is 0 Å². The Kier molecular flexibility index (Phi) is 5.67. The molecule has 4 heteroatoms. The van der Waals surface area contributed by atoms with Crippen molar-refractivity contribution in [3.8, 4) is 0 Å². The maximum atomic E-state index is 5.27. The zero-order chi connectivity index (χ0) is 15.9. The van der Waals surface area contributed by atoms with Crippen molar-refractivity contribution in [2.24, 2.45) is 5.10 Å². The van der Waals surface area contributed by atoms with Crippen LogP contribution in [0.4, 0.5) is 5.69 Å². The number of rotatable bonds is 4. The minimum absolute atomic E-state index is 0.485. The molecule has 0 amide bonds. The van der Waals surface area contributed by atoms with E-state index in [0.717, 1.165) is 28.8 Å². The van der Waals surface area contributed by atoms with E-state index >= 15 is 0 Å². The maximum Gasteiger partial charge on any atom is 0.191 e. The Morgan fingerprint density at radius 2 is 1.73 bits per heavy atom. The maximum absolute atomic E-state index is 5.27. The highest BCUT2D eigenvalue weighted by Gasteiger charge is 2.03. The minimum atomic E-state index is 0.485. The fourth-order valence-electron chi connectivity index (χ4n) is 2.16. The molecule has 0 aliphatic heterocycles. The first-order chi connectivity index (χ1) is 10.6. The number of nitrogens with zero attached hydrogens (tertiary/aromatic N) is 1. The third-order valence-corrected chi connectivity index (χ3v) is 3.68. The average molecular weight is 311 g/mol. The Morgan fingerprint density at radius 1 is 1.09 bits per heavy atom. The molecule has 3 nitrogen and oxygen atoms in total. The van der Waals surface area contributed by atoms with Crippen molar-refractivity contribution in [1.82, 2.24) is 5.43 Å². The summed E-state index contributed by atoms with van der Waals surface area (Å²) < 4.78 is 0. The second kappa shape index (κ2) is 7.71. The highest BCUT2D eigenvalue weighted by molar-refractivity contribution is 7.80. The molecule has 114 valence electrons. The Hall–Kier alpha value is -2.20. The SMILES string of the molecule is CCc1ccc(/C=N/NC(=S)Nc2c(C)cccc2C)cc1. The van der Waals surface area contributed by atoms with Gasteiger partial charge in [0.05, 0.1) is 6.21 Å². The van der Waals surface area contributed by atoms with Crippen LogP contribution in [0.15, 0.2) is 47.6 Å². The van der Waals surface area contributed by atoms with Crippen LogP contribution in [0.3, 0.4) is 0 Å². The molecule has 0 fully saturated rings. The molecule has 0 aromatic heterocycles. The number of aryl methyl sites for hydroxylation is 3. The van der Waals surface area contributed by atoms with Gasteiger partial charge in [0.25, 0.3) is 0 Å². The fraction of sp³-hybridized carbons (Fsp3) is 0.222. The monoisotopic (exact) mass is 311 g/mol. The molecular weight excluding hydrogens is 290 g/mol. The normalized spacial score (nSPS) is 10.7. The standard InChI is InChI=1S/C18H21N3S/c1-4-15-8-10-16(11-9-15)12-19-21-18(22)20-17-13(2)6-5-7-14(17)3/h5-12H,4H2,1-3H3,(H2,20,21,22)/b19-12+. The molecule has 0 saturated carbocycles. The van der Waals surface area contributed by atoms with Crippen LogP contribution in [0.2, 0.25) is 0 Å². The van der Waals surface area contributed by atoms with Gasteiger partial charge in [-0.15, -0.1) is 0 Å². The summed E-state index contributed by atoms with van der Waals surface area (Å²) in [6.45, 7) is 6.25. The van der Waals surface area contributed by atoms with Gasteiger partial charge in [-0.1, -0.05) is 49.4 Å². The van der Waals surface area contributed by atoms with Crippen molar-refractivity contribution in [1.29, 1.82) is 0 Å². The number of nitrogens with one attached hydrogen (secondary N) is 2. The fourth-order valence-corrected chi connectivity index (χ4v) is 2.31. The Labute approximate surface area is 137 Å². The third kappa shape index (κ3) is 4.40. The lowest BCUT2D eigenvalue weighted by Crippen LogP contribution is -2.24. The first-order valence-corrected chi connectivity index (χ1v) is 7.76. The van der Waals surface area contributed by atoms with Crippen LogP contribution in [-0.4, -0.2) is 11.3 Å². The van der Waals surface area contributed by atoms with E-state index in [4.69, 9.17) is 12.2 Å². The molecule has 2 N–H and O–H groups in total. The lowest BCUT2D eigenvalue weighted by Gasteiger charge is -2.12. The number of anilines is 1. The molecule has 0 saturated heterocycles. The number of thiocarbonyl (C=S) groups is 1. The summed E-state index contributed by atoms with van der Waals surface area (Å²) in [6.07, 6.45) is 2.80. The molecule has 2 aromatic rings. The Bertz CT molecular complexity index is 655. The summed E-state index contributed by atoms with van der Waals surface area (Å²) in [5, 5.41) is 7.85. The second-order valence-electron chi connectivity index (χ2n) is 5.19. The minimum Gasteiger partial charge on any atom is -0.331 e. The van der Waals surface area contributed by atoms with Gasteiger partial charge >= 0.3 is 0 Å². The van der Waals surface area contributed by atoms with Gasteiger partial charge in [-0.2, -0.15) is 5.10 Å². The third-order valence-electron chi connectivity index (χ3n) is 3.49. The zero-order valence-corrected chi connectivity index (χ0v) is 14.0. The van der Waals surface area contributed by atoms with Crippen molar-refractivity contribution >= 4 is 29.2 Å². The molecule has 0 aliphatic carbocycles. The number of hydrogen-bond donors (Lipinski definition) is 2. The molecular formula is C18H21N3S. The molecule has 2 aromatic carbocycles. The predicted octanol–water partition coefficient (Wildman–Crippen LogP) is 4.19. The Morgan fingerprint density at radius 3 is 2.32 bits per heavy atom. The van der Waals surface area contributed by atoms with Gasteiger partial charge in [0, 0.05) is 5.69 Å². The summed E-state index contributed by atoms with van der Waals surface area (Å²) in [7, 11) is 0. The van der Waals surface area contributed by atoms with Crippen LogP contribution >= 0.6 is 12.2 Å². The van der Waals surface area contributed by atoms with Crippen molar-refractivity contribution in [3.05, 3.63) is 64.7 Å². The lowest BCUT2D eigenvalue weighted by molar-refractivity contribution is 1.05. The van der Waals surface area contributed by atoms with E-state index in [1.807, 2.05) is 18.2 Å². The molecule has 22 heavy (non-hydrogen) atoms. The number of hydrazone groups is 1. The van der Waals surface area contributed by atoms with E-state index in [-0.39, 0.29) is 0 Å². The molecule has 0 bridgehead atoms. The molecule has 0 atom stereocenters. The second-order valence-corrected chi connectivity index (χ2v) is 5.59. The topological polar surface area (TPSA) is 36.4 Å². The molecule has 0 heterocycles. The number of hydrogen-bond acceptors (Lipinski definition) is 2. The molecule has 0 radical (unpaired) electrons. The molecule has 0 spiro atoms. The zero-order valence-electron chi connectivity index (χ0n) is 13.2. The van der Waals surface area contributed by atoms with E-state index in [0.29, 0.717) is 5.11 Å².